The van der Waals surface area contributed by atoms with E-state index in [1.807, 2.05) is 77.9 Å². The summed E-state index contributed by atoms with van der Waals surface area (Å²) >= 11 is 0. The zero-order valence-electron chi connectivity index (χ0n) is 26.6. The smallest absolute Gasteiger partial charge is 0.415 e. The molecule has 0 radical (unpaired) electrons. The van der Waals surface area contributed by atoms with Crippen molar-refractivity contribution in [1.82, 2.24) is 19.5 Å². The van der Waals surface area contributed by atoms with Gasteiger partial charge in [-0.3, -0.25) is 4.90 Å². The van der Waals surface area contributed by atoms with Gasteiger partial charge in [-0.15, -0.1) is 5.10 Å². The second kappa shape index (κ2) is 12.8. The maximum atomic E-state index is 13.6. The lowest BCUT2D eigenvalue weighted by Gasteiger charge is -2.36. The van der Waals surface area contributed by atoms with Crippen molar-refractivity contribution in [2.75, 3.05) is 29.9 Å². The summed E-state index contributed by atoms with van der Waals surface area (Å²) in [6, 6.07) is 11.5. The van der Waals surface area contributed by atoms with Crippen molar-refractivity contribution < 1.29 is 24.2 Å². The molecule has 1 unspecified atom stereocenters. The Morgan fingerprint density at radius 1 is 1.09 bits per heavy atom. The van der Waals surface area contributed by atoms with Gasteiger partial charge in [0.2, 0.25) is 0 Å². The maximum absolute atomic E-state index is 13.6. The first kappa shape index (κ1) is 32.1. The molecule has 3 aromatic rings. The number of amides is 2. The van der Waals surface area contributed by atoms with E-state index >= 15 is 0 Å². The molecule has 1 aromatic carbocycles. The van der Waals surface area contributed by atoms with Crippen molar-refractivity contribution in [1.29, 1.82) is 0 Å². The van der Waals surface area contributed by atoms with Crippen LogP contribution in [0, 0.1) is 5.92 Å². The molecule has 11 heteroatoms. The van der Waals surface area contributed by atoms with E-state index in [-0.39, 0.29) is 24.9 Å². The summed E-state index contributed by atoms with van der Waals surface area (Å²) in [5.74, 6) is 0.553. The highest BCUT2D eigenvalue weighted by molar-refractivity contribution is 5.93. The van der Waals surface area contributed by atoms with Crippen molar-refractivity contribution >= 4 is 29.3 Å². The van der Waals surface area contributed by atoms with Crippen molar-refractivity contribution in [2.24, 2.45) is 5.92 Å². The van der Waals surface area contributed by atoms with Gasteiger partial charge in [0.05, 0.1) is 36.8 Å². The number of β-amino-alcohol motifs (C(OH)–C–C–N with tert-alkyl or cyclic N) is 1. The van der Waals surface area contributed by atoms with Crippen LogP contribution in [0.25, 0.3) is 5.65 Å². The van der Waals surface area contributed by atoms with Crippen molar-refractivity contribution in [3.05, 3.63) is 53.9 Å². The number of likely N-dealkylation sites (tertiary alicyclic amines) is 1. The number of hydrogen-bond acceptors (Lipinski definition) is 8. The highest BCUT2D eigenvalue weighted by Gasteiger charge is 2.33. The van der Waals surface area contributed by atoms with Crippen LogP contribution in [-0.2, 0) is 16.0 Å². The number of aliphatic hydroxyl groups excluding tert-OH is 1. The fraction of sp³-hybridized carbons (Fsp3) is 0.562. The Bertz CT molecular complexity index is 1410. The Hall–Kier alpha value is -3.86. The van der Waals surface area contributed by atoms with E-state index in [0.29, 0.717) is 36.7 Å². The third kappa shape index (κ3) is 8.37. The first-order chi connectivity index (χ1) is 20.1. The lowest BCUT2D eigenvalue weighted by atomic mass is 9.94. The summed E-state index contributed by atoms with van der Waals surface area (Å²) in [6.07, 6.45) is 0.744. The predicted molar refractivity (Wildman–Crippen MR) is 166 cm³/mol. The van der Waals surface area contributed by atoms with Gasteiger partial charge in [0.1, 0.15) is 17.0 Å². The van der Waals surface area contributed by atoms with Gasteiger partial charge in [-0.2, -0.15) is 0 Å². The standard InChI is InChI=1S/C32H46N6O5/c1-21(2)25-18-34-28-24(37(30(41)43-32(6,7)8)19-22-12-10-9-11-13-22)16-27(35-38(25)28)33-17-23-14-15-36(20-26(23)39)29(40)42-31(3,4)5/h9-13,16,18,21,23,26,39H,14-15,17,19-20H2,1-8H3,(H,33,35)/t23?,26-/m0/s1. The molecule has 0 aliphatic carbocycles. The van der Waals surface area contributed by atoms with Gasteiger partial charge >= 0.3 is 12.2 Å². The Morgan fingerprint density at radius 3 is 2.37 bits per heavy atom. The minimum absolute atomic E-state index is 0.113. The minimum atomic E-state index is -0.729. The molecule has 234 valence electrons. The van der Waals surface area contributed by atoms with Crippen LogP contribution in [0.4, 0.5) is 21.1 Å². The van der Waals surface area contributed by atoms with Gasteiger partial charge in [0.15, 0.2) is 5.65 Å². The molecule has 0 spiro atoms. The van der Waals surface area contributed by atoms with Gasteiger partial charge in [0.25, 0.3) is 0 Å². The first-order valence-electron chi connectivity index (χ1n) is 14.9. The van der Waals surface area contributed by atoms with Crippen LogP contribution in [0.15, 0.2) is 42.6 Å². The lowest BCUT2D eigenvalue weighted by Crippen LogP contribution is -2.49. The van der Waals surface area contributed by atoms with Crippen LogP contribution < -0.4 is 10.2 Å². The topological polar surface area (TPSA) is 122 Å². The average molecular weight is 595 g/mol. The van der Waals surface area contributed by atoms with E-state index < -0.39 is 29.5 Å². The SMILES string of the molecule is CC(C)c1cnc2c(N(Cc3ccccc3)C(=O)OC(C)(C)C)cc(NCC3CCN(C(=O)OC(C)(C)C)C[C@@H]3O)nn12. The molecular weight excluding hydrogens is 548 g/mol. The molecule has 2 amide bonds. The zero-order chi connectivity index (χ0) is 31.5. The van der Waals surface area contributed by atoms with Crippen LogP contribution in [-0.4, -0.2) is 73.7 Å². The maximum Gasteiger partial charge on any atom is 0.415 e. The monoisotopic (exact) mass is 594 g/mol. The van der Waals surface area contributed by atoms with Crippen LogP contribution in [0.2, 0.25) is 0 Å². The molecular formula is C32H46N6O5. The highest BCUT2D eigenvalue weighted by Crippen LogP contribution is 2.30. The Morgan fingerprint density at radius 2 is 1.77 bits per heavy atom. The third-order valence-electron chi connectivity index (χ3n) is 7.07. The number of nitrogens with one attached hydrogen (secondary N) is 1. The van der Waals surface area contributed by atoms with Crippen LogP contribution in [0.5, 0.6) is 0 Å². The van der Waals surface area contributed by atoms with Gasteiger partial charge in [-0.1, -0.05) is 44.2 Å². The second-order valence-corrected chi connectivity index (χ2v) is 13.5. The number of rotatable bonds is 7. The van der Waals surface area contributed by atoms with E-state index in [4.69, 9.17) is 14.6 Å². The van der Waals surface area contributed by atoms with Gasteiger partial charge in [-0.05, 0) is 59.4 Å². The first-order valence-corrected chi connectivity index (χ1v) is 14.9. The van der Waals surface area contributed by atoms with E-state index in [9.17, 15) is 14.7 Å². The molecule has 1 saturated heterocycles. The summed E-state index contributed by atoms with van der Waals surface area (Å²) < 4.78 is 13.1. The highest BCUT2D eigenvalue weighted by atomic mass is 16.6. The molecule has 2 N–H and O–H groups in total. The molecule has 1 fully saturated rings. The summed E-state index contributed by atoms with van der Waals surface area (Å²) in [7, 11) is 0. The van der Waals surface area contributed by atoms with E-state index in [1.165, 1.54) is 0 Å². The van der Waals surface area contributed by atoms with Crippen molar-refractivity contribution in [3.8, 4) is 0 Å². The minimum Gasteiger partial charge on any atom is -0.444 e. The second-order valence-electron chi connectivity index (χ2n) is 13.5. The van der Waals surface area contributed by atoms with Crippen LogP contribution >= 0.6 is 0 Å². The number of piperidine rings is 1. The molecule has 1 aliphatic rings. The van der Waals surface area contributed by atoms with Gasteiger partial charge < -0.3 is 24.8 Å². The normalized spacial score (nSPS) is 17.7. The Balaban J connectivity index is 1.62. The predicted octanol–water partition coefficient (Wildman–Crippen LogP) is 5.82. The summed E-state index contributed by atoms with van der Waals surface area (Å²) in [5.41, 5.74) is 1.64. The quantitative estimate of drug-likeness (QED) is 0.351. The van der Waals surface area contributed by atoms with E-state index in [1.54, 1.807) is 20.5 Å². The molecule has 4 rings (SSSR count). The fourth-order valence-electron chi connectivity index (χ4n) is 4.93. The van der Waals surface area contributed by atoms with Gasteiger partial charge in [0, 0.05) is 25.1 Å². The molecule has 3 heterocycles. The number of aromatic nitrogens is 3. The molecule has 0 saturated carbocycles. The number of imidazole rings is 1. The Kier molecular flexibility index (Phi) is 9.54. The third-order valence-corrected chi connectivity index (χ3v) is 7.07. The molecule has 2 atom stereocenters. The van der Waals surface area contributed by atoms with Crippen molar-refractivity contribution in [3.63, 3.8) is 0 Å². The summed E-state index contributed by atoms with van der Waals surface area (Å²) in [5, 5.41) is 19.1. The van der Waals surface area contributed by atoms with E-state index in [2.05, 4.69) is 24.1 Å². The molecule has 0 bridgehead atoms. The van der Waals surface area contributed by atoms with Gasteiger partial charge in [-0.25, -0.2) is 19.1 Å². The number of anilines is 2. The fourth-order valence-corrected chi connectivity index (χ4v) is 4.93. The number of hydrogen-bond donors (Lipinski definition) is 2. The molecule has 1 aliphatic heterocycles. The zero-order valence-corrected chi connectivity index (χ0v) is 26.6. The van der Waals surface area contributed by atoms with Crippen LogP contribution in [0.3, 0.4) is 0 Å². The summed E-state index contributed by atoms with van der Waals surface area (Å²) in [6.45, 7) is 16.5. The number of nitrogens with zero attached hydrogens (tertiary/aromatic N) is 5. The lowest BCUT2D eigenvalue weighted by molar-refractivity contribution is -0.0104. The number of carbonyl (C=O) groups is 2. The number of benzene rings is 1. The molecule has 43 heavy (non-hydrogen) atoms. The number of aliphatic hydroxyl groups is 1. The number of fused-ring (bicyclic) bond motifs is 1. The average Bonchev–Trinajstić information content (AvgIpc) is 3.34. The largest absolute Gasteiger partial charge is 0.444 e. The molecule has 11 nitrogen and oxygen atoms in total. The Labute approximate surface area is 254 Å². The van der Waals surface area contributed by atoms with Crippen LogP contribution in [0.1, 0.15) is 79.0 Å². The van der Waals surface area contributed by atoms with E-state index in [0.717, 1.165) is 11.3 Å². The molecule has 2 aromatic heterocycles. The number of carbonyl (C=O) groups excluding carboxylic acids is 2. The number of ether oxygens (including phenoxy) is 2. The van der Waals surface area contributed by atoms with Crippen molar-refractivity contribution in [2.45, 2.75) is 91.6 Å². The summed E-state index contributed by atoms with van der Waals surface area (Å²) in [4.78, 5) is 34.0.